The Bertz CT molecular complexity index is 275. The Morgan fingerprint density at radius 1 is 1.64 bits per heavy atom. The molecule has 1 atom stereocenters. The molecule has 0 radical (unpaired) electrons. The van der Waals surface area contributed by atoms with Gasteiger partial charge in [0.05, 0.1) is 18.9 Å². The average Bonchev–Trinajstić information content (AvgIpc) is 2.09. The zero-order valence-electron chi connectivity index (χ0n) is 7.73. The summed E-state index contributed by atoms with van der Waals surface area (Å²) in [5.41, 5.74) is 0. The maximum absolute atomic E-state index is 11.1. The number of carbonyl (C=O) groups excluding carboxylic acids is 2. The number of hydrogen-bond donors (Lipinski definition) is 1. The van der Waals surface area contributed by atoms with Gasteiger partial charge < -0.3 is 5.11 Å². The molecule has 78 valence electrons. The molecule has 1 aliphatic rings. The molecular formula is C8H11NO5. The van der Waals surface area contributed by atoms with Gasteiger partial charge in [-0.3, -0.25) is 19.2 Å². The van der Waals surface area contributed by atoms with Gasteiger partial charge in [-0.15, -0.1) is 0 Å². The van der Waals surface area contributed by atoms with Crippen molar-refractivity contribution in [1.29, 1.82) is 0 Å². The van der Waals surface area contributed by atoms with E-state index in [2.05, 4.69) is 0 Å². The van der Waals surface area contributed by atoms with Crippen molar-refractivity contribution in [2.24, 2.45) is 5.92 Å². The fourth-order valence-electron chi connectivity index (χ4n) is 1.01. The second-order valence-corrected chi connectivity index (χ2v) is 3.18. The standard InChI is InChI=1S/C8H11NO5/c1-5(8(12)13)3-9-7(11)2-6(10)4-14-9/h5H,2-4H2,1H3,(H,12,13). The van der Waals surface area contributed by atoms with E-state index in [-0.39, 0.29) is 25.4 Å². The first-order chi connectivity index (χ1) is 6.50. The van der Waals surface area contributed by atoms with Crippen molar-refractivity contribution in [3.05, 3.63) is 0 Å². The molecule has 0 aromatic carbocycles. The molecule has 1 unspecified atom stereocenters. The molecule has 0 bridgehead atoms. The fourth-order valence-corrected chi connectivity index (χ4v) is 1.01. The lowest BCUT2D eigenvalue weighted by Crippen LogP contribution is -2.43. The lowest BCUT2D eigenvalue weighted by Gasteiger charge is -2.26. The summed E-state index contributed by atoms with van der Waals surface area (Å²) in [7, 11) is 0. The first kappa shape index (κ1) is 10.6. The van der Waals surface area contributed by atoms with E-state index in [1.165, 1.54) is 6.92 Å². The van der Waals surface area contributed by atoms with Gasteiger partial charge in [-0.1, -0.05) is 6.92 Å². The highest BCUT2D eigenvalue weighted by Gasteiger charge is 2.27. The Morgan fingerprint density at radius 2 is 2.29 bits per heavy atom. The van der Waals surface area contributed by atoms with Gasteiger partial charge in [0.15, 0.2) is 5.78 Å². The summed E-state index contributed by atoms with van der Waals surface area (Å²) in [5, 5.41) is 9.54. The third kappa shape index (κ3) is 2.53. The van der Waals surface area contributed by atoms with Crippen molar-refractivity contribution in [1.82, 2.24) is 5.06 Å². The monoisotopic (exact) mass is 201 g/mol. The van der Waals surface area contributed by atoms with Gasteiger partial charge in [0, 0.05) is 0 Å². The lowest BCUT2D eigenvalue weighted by molar-refractivity contribution is -0.201. The zero-order chi connectivity index (χ0) is 10.7. The number of hydroxylamine groups is 2. The molecule has 1 aliphatic heterocycles. The Labute approximate surface area is 80.4 Å². The molecule has 1 rings (SSSR count). The van der Waals surface area contributed by atoms with Crippen molar-refractivity contribution < 1.29 is 24.3 Å². The quantitative estimate of drug-likeness (QED) is 0.619. The van der Waals surface area contributed by atoms with E-state index in [0.29, 0.717) is 0 Å². The smallest absolute Gasteiger partial charge is 0.308 e. The molecule has 1 fully saturated rings. The molecule has 0 aliphatic carbocycles. The number of nitrogens with zero attached hydrogens (tertiary/aromatic N) is 1. The molecule has 0 saturated carbocycles. The van der Waals surface area contributed by atoms with Gasteiger partial charge in [-0.25, -0.2) is 5.06 Å². The van der Waals surface area contributed by atoms with Gasteiger partial charge >= 0.3 is 5.97 Å². The highest BCUT2D eigenvalue weighted by atomic mass is 16.7. The minimum Gasteiger partial charge on any atom is -0.481 e. The molecule has 1 amide bonds. The van der Waals surface area contributed by atoms with Crippen LogP contribution in [0.15, 0.2) is 0 Å². The Hall–Kier alpha value is -1.43. The minimum atomic E-state index is -1.00. The van der Waals surface area contributed by atoms with Crippen LogP contribution in [0.2, 0.25) is 0 Å². The number of rotatable bonds is 3. The highest BCUT2D eigenvalue weighted by molar-refractivity contribution is 5.99. The largest absolute Gasteiger partial charge is 0.481 e. The molecule has 6 heteroatoms. The summed E-state index contributed by atoms with van der Waals surface area (Å²) in [5.74, 6) is -2.46. The van der Waals surface area contributed by atoms with Crippen molar-refractivity contribution >= 4 is 17.7 Å². The molecule has 1 saturated heterocycles. The number of aliphatic carboxylic acids is 1. The molecule has 0 aromatic heterocycles. The van der Waals surface area contributed by atoms with Gasteiger partial charge in [0.2, 0.25) is 0 Å². The Balaban J connectivity index is 2.49. The number of Topliss-reactive ketones (excluding diaryl/α,β-unsaturated/α-hetero) is 1. The van der Waals surface area contributed by atoms with E-state index in [9.17, 15) is 14.4 Å². The van der Waals surface area contributed by atoms with E-state index in [1.54, 1.807) is 0 Å². The van der Waals surface area contributed by atoms with Crippen molar-refractivity contribution in [2.75, 3.05) is 13.2 Å². The van der Waals surface area contributed by atoms with E-state index in [0.717, 1.165) is 5.06 Å². The minimum absolute atomic E-state index is 0.0263. The molecule has 14 heavy (non-hydrogen) atoms. The first-order valence-electron chi connectivity index (χ1n) is 4.18. The van der Waals surface area contributed by atoms with Crippen LogP contribution in [0.4, 0.5) is 0 Å². The van der Waals surface area contributed by atoms with Crippen LogP contribution >= 0.6 is 0 Å². The van der Waals surface area contributed by atoms with Crippen molar-refractivity contribution in [2.45, 2.75) is 13.3 Å². The summed E-state index contributed by atoms with van der Waals surface area (Å²) in [6.07, 6.45) is -0.202. The average molecular weight is 201 g/mol. The van der Waals surface area contributed by atoms with Gasteiger partial charge in [-0.05, 0) is 0 Å². The van der Waals surface area contributed by atoms with E-state index in [1.807, 2.05) is 0 Å². The van der Waals surface area contributed by atoms with E-state index in [4.69, 9.17) is 9.94 Å². The molecular weight excluding hydrogens is 190 g/mol. The number of carboxylic acid groups (broad SMARTS) is 1. The van der Waals surface area contributed by atoms with Gasteiger partial charge in [0.25, 0.3) is 5.91 Å². The summed E-state index contributed by atoms with van der Waals surface area (Å²) >= 11 is 0. The van der Waals surface area contributed by atoms with Crippen molar-refractivity contribution in [3.63, 3.8) is 0 Å². The summed E-state index contributed by atoms with van der Waals surface area (Å²) in [4.78, 5) is 37.2. The number of carboxylic acids is 1. The number of hydrogen-bond acceptors (Lipinski definition) is 4. The normalized spacial score (nSPS) is 19.6. The maximum atomic E-state index is 11.1. The summed E-state index contributed by atoms with van der Waals surface area (Å²) in [6, 6.07) is 0. The predicted molar refractivity (Wildman–Crippen MR) is 44.1 cm³/mol. The van der Waals surface area contributed by atoms with E-state index < -0.39 is 17.8 Å². The topological polar surface area (TPSA) is 83.9 Å². The summed E-state index contributed by atoms with van der Waals surface area (Å²) in [6.45, 7) is 1.29. The summed E-state index contributed by atoms with van der Waals surface area (Å²) < 4.78 is 0. The molecule has 1 heterocycles. The second kappa shape index (κ2) is 4.19. The predicted octanol–water partition coefficient (Wildman–Crippen LogP) is -0.560. The maximum Gasteiger partial charge on any atom is 0.308 e. The second-order valence-electron chi connectivity index (χ2n) is 3.18. The zero-order valence-corrected chi connectivity index (χ0v) is 7.73. The van der Waals surface area contributed by atoms with Crippen LogP contribution in [0.5, 0.6) is 0 Å². The number of amides is 1. The first-order valence-corrected chi connectivity index (χ1v) is 4.18. The van der Waals surface area contributed by atoms with Crippen LogP contribution in [0.1, 0.15) is 13.3 Å². The van der Waals surface area contributed by atoms with Crippen LogP contribution in [0, 0.1) is 5.92 Å². The molecule has 1 N–H and O–H groups in total. The molecule has 0 aromatic rings. The van der Waals surface area contributed by atoms with E-state index >= 15 is 0 Å². The fraction of sp³-hybridized carbons (Fsp3) is 0.625. The van der Waals surface area contributed by atoms with Crippen LogP contribution in [0.25, 0.3) is 0 Å². The van der Waals surface area contributed by atoms with Crippen LogP contribution < -0.4 is 0 Å². The Kier molecular flexibility index (Phi) is 3.19. The van der Waals surface area contributed by atoms with Gasteiger partial charge in [0.1, 0.15) is 6.61 Å². The van der Waals surface area contributed by atoms with Crippen LogP contribution in [0.3, 0.4) is 0 Å². The third-order valence-electron chi connectivity index (χ3n) is 1.87. The Morgan fingerprint density at radius 3 is 2.79 bits per heavy atom. The lowest BCUT2D eigenvalue weighted by atomic mass is 10.1. The molecule has 6 nitrogen and oxygen atoms in total. The van der Waals surface area contributed by atoms with Crippen molar-refractivity contribution in [3.8, 4) is 0 Å². The van der Waals surface area contributed by atoms with Crippen LogP contribution in [-0.2, 0) is 19.2 Å². The molecule has 0 spiro atoms. The number of ketones is 1. The third-order valence-corrected chi connectivity index (χ3v) is 1.87. The van der Waals surface area contributed by atoms with Crippen LogP contribution in [-0.4, -0.2) is 41.0 Å². The highest BCUT2D eigenvalue weighted by Crippen LogP contribution is 2.08. The van der Waals surface area contributed by atoms with Gasteiger partial charge in [-0.2, -0.15) is 0 Å². The number of carbonyl (C=O) groups is 3. The SMILES string of the molecule is CC(CN1OCC(=O)CC1=O)C(=O)O.